The van der Waals surface area contributed by atoms with Crippen molar-refractivity contribution in [3.05, 3.63) is 93.7 Å². The zero-order valence-corrected chi connectivity index (χ0v) is 38.1. The van der Waals surface area contributed by atoms with Crippen LogP contribution in [0.5, 0.6) is 0 Å². The number of hydrogen-bond acceptors (Lipinski definition) is 8. The quantitative estimate of drug-likeness (QED) is 0.0804. The van der Waals surface area contributed by atoms with Crippen molar-refractivity contribution in [3.63, 3.8) is 0 Å². The summed E-state index contributed by atoms with van der Waals surface area (Å²) in [5.74, 6) is -1.69. The standard InChI is InChI=1S/C42H51ClN2O10S2.Na/c1-41(2)32-26-30(56(50,51)52)18-20-34(32)44(24-9-5-7-14-38(46)47)36(41)22-16-28-12-11-13-29(40(28)43)17-23-37-42(3,4)33-27-31(57(53,54)55)19-21-35(33)45(37)25-10-6-8-15-39(48)49;/h16-23,26-27H,5-15,24-25H2,1-4H3,(H3-,46,47,48,49,50,51,52,53,54,55);/q;+1. The summed E-state index contributed by atoms with van der Waals surface area (Å²) in [5, 5.41) is 18.8. The van der Waals surface area contributed by atoms with E-state index in [0.717, 1.165) is 58.8 Å². The molecule has 0 fully saturated rings. The molecule has 58 heavy (non-hydrogen) atoms. The van der Waals surface area contributed by atoms with Crippen LogP contribution in [0.15, 0.2) is 92.4 Å². The molecule has 0 saturated carbocycles. The van der Waals surface area contributed by atoms with Crippen LogP contribution in [0.1, 0.15) is 109 Å². The number of carboxylic acid groups (broad SMARTS) is 2. The van der Waals surface area contributed by atoms with Gasteiger partial charge in [-0.2, -0.15) is 13.0 Å². The summed E-state index contributed by atoms with van der Waals surface area (Å²) in [5.41, 5.74) is 5.35. The van der Waals surface area contributed by atoms with Crippen molar-refractivity contribution in [3.8, 4) is 0 Å². The van der Waals surface area contributed by atoms with Crippen LogP contribution in [0.25, 0.3) is 0 Å². The zero-order chi connectivity index (χ0) is 41.9. The molecule has 2 aromatic carbocycles. The topological polar surface area (TPSA) is 192 Å². The Kier molecular flexibility index (Phi) is 15.7. The predicted molar refractivity (Wildman–Crippen MR) is 218 cm³/mol. The van der Waals surface area contributed by atoms with Gasteiger partial charge in [-0.15, -0.1) is 0 Å². The van der Waals surface area contributed by atoms with Gasteiger partial charge in [-0.05, 0) is 112 Å². The minimum Gasteiger partial charge on any atom is -0.744 e. The molecule has 2 heterocycles. The van der Waals surface area contributed by atoms with Gasteiger partial charge in [-0.3, -0.25) is 14.1 Å². The fraction of sp³-hybridized carbons (Fsp3) is 0.452. The van der Waals surface area contributed by atoms with Gasteiger partial charge in [0.15, 0.2) is 5.71 Å². The number of benzene rings is 2. The fourth-order valence-electron chi connectivity index (χ4n) is 8.12. The smallest absolute Gasteiger partial charge is 0.744 e. The third kappa shape index (κ3) is 10.8. The average Bonchev–Trinajstić information content (AvgIpc) is 3.46. The second-order valence-electron chi connectivity index (χ2n) is 15.9. The van der Waals surface area contributed by atoms with Crippen LogP contribution in [0.4, 0.5) is 11.4 Å². The molecule has 2 aliphatic heterocycles. The van der Waals surface area contributed by atoms with E-state index in [2.05, 4.69) is 9.48 Å². The number of allylic oxidation sites excluding steroid dienone is 8. The molecule has 0 spiro atoms. The number of nitrogens with zero attached hydrogens (tertiary/aromatic N) is 2. The van der Waals surface area contributed by atoms with E-state index in [1.807, 2.05) is 52.0 Å². The number of unbranched alkanes of at least 4 members (excludes halogenated alkanes) is 4. The van der Waals surface area contributed by atoms with Gasteiger partial charge in [0, 0.05) is 65.3 Å². The molecular weight excluding hydrogens is 815 g/mol. The van der Waals surface area contributed by atoms with Crippen LogP contribution in [-0.4, -0.2) is 71.5 Å². The largest absolute Gasteiger partial charge is 1.00 e. The van der Waals surface area contributed by atoms with Crippen molar-refractivity contribution in [2.24, 2.45) is 0 Å². The minimum atomic E-state index is -4.68. The molecule has 0 aromatic heterocycles. The van der Waals surface area contributed by atoms with Crippen molar-refractivity contribution in [1.29, 1.82) is 0 Å². The van der Waals surface area contributed by atoms with E-state index in [4.69, 9.17) is 21.8 Å². The number of carboxylic acids is 2. The Labute approximate surface area is 368 Å². The Morgan fingerprint density at radius 3 is 2.07 bits per heavy atom. The van der Waals surface area contributed by atoms with Crippen LogP contribution < -0.4 is 34.5 Å². The van der Waals surface area contributed by atoms with E-state index < -0.39 is 43.0 Å². The first-order chi connectivity index (χ1) is 26.6. The molecule has 16 heteroatoms. The minimum absolute atomic E-state index is 0. The van der Waals surface area contributed by atoms with E-state index in [1.54, 1.807) is 12.1 Å². The third-order valence-electron chi connectivity index (χ3n) is 11.2. The van der Waals surface area contributed by atoms with Crippen LogP contribution >= 0.6 is 11.6 Å². The molecule has 0 atom stereocenters. The number of anilines is 1. The van der Waals surface area contributed by atoms with Gasteiger partial charge in [-0.1, -0.05) is 44.0 Å². The molecule has 1 aliphatic carbocycles. The van der Waals surface area contributed by atoms with Crippen LogP contribution in [0.2, 0.25) is 0 Å². The SMILES string of the molecule is CC1(C)C(=CC=C2CCCC(C=CC3=[N+](CCCCCC(=O)O)c4ccc(S(=O)(=O)[O-])cc4C3(C)C)=C2Cl)N(CCCCCC(=O)O)c2ccc(S(=O)(=O)O)cc21.[Na+]. The zero-order valence-electron chi connectivity index (χ0n) is 33.8. The maximum atomic E-state index is 12.1. The summed E-state index contributed by atoms with van der Waals surface area (Å²) >= 11 is 7.15. The van der Waals surface area contributed by atoms with Gasteiger partial charge in [0.2, 0.25) is 5.69 Å². The van der Waals surface area contributed by atoms with E-state index >= 15 is 0 Å². The molecule has 0 radical (unpaired) electrons. The molecular formula is C42H51ClN2NaO10S2+. The molecule has 308 valence electrons. The van der Waals surface area contributed by atoms with E-state index in [0.29, 0.717) is 62.2 Å². The van der Waals surface area contributed by atoms with Crippen molar-refractivity contribution in [1.82, 2.24) is 0 Å². The second kappa shape index (κ2) is 19.1. The summed E-state index contributed by atoms with van der Waals surface area (Å²) in [6.45, 7) is 9.07. The summed E-state index contributed by atoms with van der Waals surface area (Å²) in [7, 11) is -9.12. The van der Waals surface area contributed by atoms with Crippen molar-refractivity contribution in [2.45, 2.75) is 119 Å². The molecule has 0 bridgehead atoms. The van der Waals surface area contributed by atoms with Crippen molar-refractivity contribution >= 4 is 60.9 Å². The van der Waals surface area contributed by atoms with Gasteiger partial charge >= 0.3 is 41.5 Å². The van der Waals surface area contributed by atoms with Gasteiger partial charge < -0.3 is 19.7 Å². The maximum Gasteiger partial charge on any atom is 1.00 e. The first kappa shape index (κ1) is 47.6. The van der Waals surface area contributed by atoms with Crippen LogP contribution in [0.3, 0.4) is 0 Å². The number of halogens is 1. The van der Waals surface area contributed by atoms with E-state index in [-0.39, 0.29) is 52.2 Å². The summed E-state index contributed by atoms with van der Waals surface area (Å²) in [6, 6.07) is 9.02. The molecule has 0 unspecified atom stereocenters. The predicted octanol–water partition coefficient (Wildman–Crippen LogP) is 5.35. The summed E-state index contributed by atoms with van der Waals surface area (Å²) < 4.78 is 72.0. The number of rotatable bonds is 17. The Hall–Kier alpha value is -3.08. The van der Waals surface area contributed by atoms with Gasteiger partial charge in [0.1, 0.15) is 16.7 Å². The van der Waals surface area contributed by atoms with Gasteiger partial charge in [0.05, 0.1) is 15.2 Å². The Balaban J connectivity index is 0.00000744. The monoisotopic (exact) mass is 865 g/mol. The number of aliphatic carboxylic acids is 2. The molecule has 3 N–H and O–H groups in total. The average molecular weight is 866 g/mol. The van der Waals surface area contributed by atoms with E-state index in [1.165, 1.54) is 24.3 Å². The van der Waals surface area contributed by atoms with Gasteiger partial charge in [-0.25, -0.2) is 8.42 Å². The Morgan fingerprint density at radius 1 is 0.828 bits per heavy atom. The maximum absolute atomic E-state index is 12.1. The number of fused-ring (bicyclic) bond motifs is 2. The fourth-order valence-corrected chi connectivity index (χ4v) is 9.44. The van der Waals surface area contributed by atoms with E-state index in [9.17, 15) is 35.5 Å². The normalized spacial score (nSPS) is 18.9. The molecule has 12 nitrogen and oxygen atoms in total. The molecule has 3 aliphatic rings. The first-order valence-corrected chi connectivity index (χ1v) is 22.4. The summed E-state index contributed by atoms with van der Waals surface area (Å²) in [4.78, 5) is 23.8. The molecule has 2 aromatic rings. The third-order valence-corrected chi connectivity index (χ3v) is 13.4. The van der Waals surface area contributed by atoms with Crippen LogP contribution in [-0.2, 0) is 40.7 Å². The van der Waals surface area contributed by atoms with Crippen molar-refractivity contribution < 1.29 is 79.9 Å². The molecule has 0 saturated heterocycles. The second-order valence-corrected chi connectivity index (χ2v) is 19.1. The Morgan fingerprint density at radius 2 is 1.45 bits per heavy atom. The van der Waals surface area contributed by atoms with Crippen molar-refractivity contribution in [2.75, 3.05) is 18.0 Å². The summed E-state index contributed by atoms with van der Waals surface area (Å²) in [6.07, 6.45) is 14.3. The first-order valence-electron chi connectivity index (χ1n) is 19.2. The molecule has 0 amide bonds. The number of carbonyl (C=O) groups is 2. The van der Waals surface area contributed by atoms with Crippen LogP contribution in [0, 0.1) is 0 Å². The number of hydrogen-bond donors (Lipinski definition) is 3. The Bertz CT molecular complexity index is 2330. The van der Waals surface area contributed by atoms with Gasteiger partial charge in [0.25, 0.3) is 10.1 Å². The molecule has 5 rings (SSSR count).